The highest BCUT2D eigenvalue weighted by Gasteiger charge is 2.07. The fourth-order valence-corrected chi connectivity index (χ4v) is 2.09. The molecule has 0 radical (unpaired) electrons. The van der Waals surface area contributed by atoms with Gasteiger partial charge in [-0.2, -0.15) is 0 Å². The van der Waals surface area contributed by atoms with Gasteiger partial charge in [0.25, 0.3) is 5.69 Å². The summed E-state index contributed by atoms with van der Waals surface area (Å²) >= 11 is 0. The third-order valence-electron chi connectivity index (χ3n) is 3.36. The van der Waals surface area contributed by atoms with Crippen LogP contribution >= 0.6 is 0 Å². The minimum atomic E-state index is -0.441. The Morgan fingerprint density at radius 2 is 1.57 bits per heavy atom. The zero-order valence-electron chi connectivity index (χ0n) is 11.9. The number of nitro groups is 1. The van der Waals surface area contributed by atoms with Crippen LogP contribution < -0.4 is 0 Å². The van der Waals surface area contributed by atoms with Crippen molar-refractivity contribution in [3.05, 3.63) is 75.3 Å². The van der Waals surface area contributed by atoms with Gasteiger partial charge in [-0.05, 0) is 24.5 Å². The van der Waals surface area contributed by atoms with E-state index in [0.29, 0.717) is 12.8 Å². The van der Waals surface area contributed by atoms with Gasteiger partial charge >= 0.3 is 0 Å². The highest BCUT2D eigenvalue weighted by Crippen LogP contribution is 2.13. The van der Waals surface area contributed by atoms with Gasteiger partial charge in [0.1, 0.15) is 5.78 Å². The summed E-state index contributed by atoms with van der Waals surface area (Å²) in [6.07, 6.45) is 1.54. The van der Waals surface area contributed by atoms with Crippen LogP contribution in [0.4, 0.5) is 5.69 Å². The maximum Gasteiger partial charge on any atom is 0.269 e. The molecule has 0 fully saturated rings. The topological polar surface area (TPSA) is 60.2 Å². The lowest BCUT2D eigenvalue weighted by Crippen LogP contribution is -2.04. The van der Waals surface area contributed by atoms with E-state index >= 15 is 0 Å². The van der Waals surface area contributed by atoms with E-state index in [-0.39, 0.29) is 11.5 Å². The summed E-state index contributed by atoms with van der Waals surface area (Å²) in [5.41, 5.74) is 3.22. The van der Waals surface area contributed by atoms with Crippen LogP contribution in [0.15, 0.2) is 48.5 Å². The fourth-order valence-electron chi connectivity index (χ4n) is 2.09. The van der Waals surface area contributed by atoms with Crippen LogP contribution in [-0.2, 0) is 17.6 Å². The molecule has 2 aromatic carbocycles. The second-order valence-corrected chi connectivity index (χ2v) is 5.12. The minimum Gasteiger partial charge on any atom is -0.299 e. The molecule has 0 bridgehead atoms. The molecule has 0 amide bonds. The van der Waals surface area contributed by atoms with E-state index in [1.165, 1.54) is 17.7 Å². The van der Waals surface area contributed by atoms with Crippen LogP contribution in [0.3, 0.4) is 0 Å². The molecule has 0 spiro atoms. The second-order valence-electron chi connectivity index (χ2n) is 5.12. The number of carbonyl (C=O) groups excluding carboxylic acids is 1. The predicted molar refractivity (Wildman–Crippen MR) is 81.3 cm³/mol. The van der Waals surface area contributed by atoms with E-state index in [0.717, 1.165) is 17.5 Å². The number of hydrogen-bond donors (Lipinski definition) is 0. The number of benzene rings is 2. The van der Waals surface area contributed by atoms with E-state index in [2.05, 4.69) is 0 Å². The van der Waals surface area contributed by atoms with Crippen LogP contribution in [0.2, 0.25) is 0 Å². The molecule has 4 heteroatoms. The number of aryl methyl sites for hydroxylation is 2. The lowest BCUT2D eigenvalue weighted by Gasteiger charge is -2.03. The van der Waals surface area contributed by atoms with Crippen LogP contribution in [0.5, 0.6) is 0 Å². The van der Waals surface area contributed by atoms with E-state index in [1.807, 2.05) is 31.2 Å². The molecule has 2 aromatic rings. The third-order valence-corrected chi connectivity index (χ3v) is 3.36. The maximum absolute atomic E-state index is 11.9. The largest absolute Gasteiger partial charge is 0.299 e. The van der Waals surface area contributed by atoms with Gasteiger partial charge in [0, 0.05) is 25.0 Å². The van der Waals surface area contributed by atoms with Crippen LogP contribution in [0, 0.1) is 17.0 Å². The molecule has 4 nitrogen and oxygen atoms in total. The number of nitro benzene ring substituents is 1. The molecule has 0 aliphatic heterocycles. The number of ketones is 1. The molecule has 0 aliphatic carbocycles. The molecular formula is C17H17NO3. The summed E-state index contributed by atoms with van der Waals surface area (Å²) in [7, 11) is 0. The zero-order chi connectivity index (χ0) is 15.2. The quantitative estimate of drug-likeness (QED) is 0.600. The Hall–Kier alpha value is -2.49. The maximum atomic E-state index is 11.9. The smallest absolute Gasteiger partial charge is 0.269 e. The fraction of sp³-hybridized carbons (Fsp3) is 0.235. The normalized spacial score (nSPS) is 10.3. The van der Waals surface area contributed by atoms with Crippen LogP contribution in [0.25, 0.3) is 0 Å². The van der Waals surface area contributed by atoms with Crippen LogP contribution in [-0.4, -0.2) is 10.7 Å². The van der Waals surface area contributed by atoms with Gasteiger partial charge in [0.2, 0.25) is 0 Å². The number of Topliss-reactive ketones (excluding diaryl/α,β-unsaturated/α-hetero) is 1. The van der Waals surface area contributed by atoms with Crippen molar-refractivity contribution in [3.8, 4) is 0 Å². The second kappa shape index (κ2) is 6.79. The van der Waals surface area contributed by atoms with Gasteiger partial charge < -0.3 is 0 Å². The van der Waals surface area contributed by atoms with Gasteiger partial charge in [-0.3, -0.25) is 14.9 Å². The molecule has 0 saturated heterocycles. The van der Waals surface area contributed by atoms with Gasteiger partial charge in [-0.15, -0.1) is 0 Å². The molecule has 0 aromatic heterocycles. The van der Waals surface area contributed by atoms with Crippen LogP contribution in [0.1, 0.15) is 23.1 Å². The molecule has 21 heavy (non-hydrogen) atoms. The molecule has 0 saturated carbocycles. The Labute approximate surface area is 123 Å². The number of hydrogen-bond acceptors (Lipinski definition) is 3. The van der Waals surface area contributed by atoms with Gasteiger partial charge in [0.05, 0.1) is 4.92 Å². The van der Waals surface area contributed by atoms with Crippen molar-refractivity contribution in [1.82, 2.24) is 0 Å². The van der Waals surface area contributed by atoms with E-state index in [1.54, 1.807) is 12.1 Å². The first kappa shape index (κ1) is 14.9. The Balaban J connectivity index is 1.86. The van der Waals surface area contributed by atoms with Crippen molar-refractivity contribution in [2.24, 2.45) is 0 Å². The van der Waals surface area contributed by atoms with Gasteiger partial charge in [-0.1, -0.05) is 42.0 Å². The highest BCUT2D eigenvalue weighted by molar-refractivity contribution is 5.81. The Morgan fingerprint density at radius 3 is 2.14 bits per heavy atom. The summed E-state index contributed by atoms with van der Waals surface area (Å²) in [6, 6.07) is 14.3. The SMILES string of the molecule is Cc1ccc(CCC(=O)Cc2ccc([N+](=O)[O-])cc2)cc1. The van der Waals surface area contributed by atoms with Crippen molar-refractivity contribution >= 4 is 11.5 Å². The molecule has 0 unspecified atom stereocenters. The molecular weight excluding hydrogens is 266 g/mol. The molecule has 0 atom stereocenters. The Kier molecular flexibility index (Phi) is 4.82. The molecule has 108 valence electrons. The zero-order valence-corrected chi connectivity index (χ0v) is 11.9. The van der Waals surface area contributed by atoms with Gasteiger partial charge in [-0.25, -0.2) is 0 Å². The summed E-state index contributed by atoms with van der Waals surface area (Å²) in [4.78, 5) is 22.1. The molecule has 0 heterocycles. The van der Waals surface area contributed by atoms with Crippen molar-refractivity contribution < 1.29 is 9.72 Å². The third kappa shape index (κ3) is 4.53. The first-order valence-electron chi connectivity index (χ1n) is 6.85. The Morgan fingerprint density at radius 1 is 1.00 bits per heavy atom. The average Bonchev–Trinajstić information content (AvgIpc) is 2.47. The Bertz CT molecular complexity index is 630. The lowest BCUT2D eigenvalue weighted by atomic mass is 10.0. The summed E-state index contributed by atoms with van der Waals surface area (Å²) in [5, 5.41) is 10.6. The summed E-state index contributed by atoms with van der Waals surface area (Å²) < 4.78 is 0. The van der Waals surface area contributed by atoms with E-state index < -0.39 is 4.92 Å². The van der Waals surface area contributed by atoms with Crippen molar-refractivity contribution in [2.45, 2.75) is 26.2 Å². The first-order valence-corrected chi connectivity index (χ1v) is 6.85. The molecule has 0 N–H and O–H groups in total. The minimum absolute atomic E-state index is 0.0471. The predicted octanol–water partition coefficient (Wildman–Crippen LogP) is 3.65. The number of rotatable bonds is 6. The molecule has 0 aliphatic rings. The number of carbonyl (C=O) groups is 1. The van der Waals surface area contributed by atoms with Crippen molar-refractivity contribution in [1.29, 1.82) is 0 Å². The summed E-state index contributed by atoms with van der Waals surface area (Å²) in [6.45, 7) is 2.03. The van der Waals surface area contributed by atoms with E-state index in [9.17, 15) is 14.9 Å². The van der Waals surface area contributed by atoms with Crippen molar-refractivity contribution in [2.75, 3.05) is 0 Å². The average molecular weight is 283 g/mol. The standard InChI is InChI=1S/C17H17NO3/c1-13-2-4-14(5-3-13)8-11-17(19)12-15-6-9-16(10-7-15)18(20)21/h2-7,9-10H,8,11-12H2,1H3. The molecule has 2 rings (SSSR count). The van der Waals surface area contributed by atoms with E-state index in [4.69, 9.17) is 0 Å². The first-order chi connectivity index (χ1) is 10.0. The lowest BCUT2D eigenvalue weighted by molar-refractivity contribution is -0.384. The summed E-state index contributed by atoms with van der Waals surface area (Å²) in [5.74, 6) is 0.143. The van der Waals surface area contributed by atoms with Crippen molar-refractivity contribution in [3.63, 3.8) is 0 Å². The number of nitrogens with zero attached hydrogens (tertiary/aromatic N) is 1. The monoisotopic (exact) mass is 283 g/mol. The number of non-ortho nitro benzene ring substituents is 1. The van der Waals surface area contributed by atoms with Gasteiger partial charge in [0.15, 0.2) is 0 Å². The highest BCUT2D eigenvalue weighted by atomic mass is 16.6.